The topological polar surface area (TPSA) is 124 Å². The third-order valence-electron chi connectivity index (χ3n) is 6.03. The van der Waals surface area contributed by atoms with E-state index in [1.165, 1.54) is 7.11 Å². The van der Waals surface area contributed by atoms with Crippen LogP contribution in [0.2, 0.25) is 0 Å². The molecular formula is C26H27N3O7S. The molecule has 0 atom stereocenters. The van der Waals surface area contributed by atoms with Crippen molar-refractivity contribution in [3.8, 4) is 0 Å². The first kappa shape index (κ1) is 26.2. The van der Waals surface area contributed by atoms with Gasteiger partial charge in [-0.05, 0) is 32.5 Å². The molecule has 0 aliphatic carbocycles. The van der Waals surface area contributed by atoms with Gasteiger partial charge in [-0.25, -0.2) is 14.4 Å². The second-order valence-electron chi connectivity index (χ2n) is 8.51. The number of anilines is 1. The molecule has 1 aliphatic heterocycles. The molecule has 2 aromatic heterocycles. The molecule has 0 saturated heterocycles. The third kappa shape index (κ3) is 5.32. The van der Waals surface area contributed by atoms with Crippen molar-refractivity contribution < 1.29 is 33.4 Å². The summed E-state index contributed by atoms with van der Waals surface area (Å²) in [4.78, 5) is 57.7. The number of thiophene rings is 1. The van der Waals surface area contributed by atoms with Crippen molar-refractivity contribution in [3.05, 3.63) is 57.1 Å². The lowest BCUT2D eigenvalue weighted by Gasteiger charge is -2.26. The van der Waals surface area contributed by atoms with Gasteiger partial charge in [0.2, 0.25) is 0 Å². The van der Waals surface area contributed by atoms with Gasteiger partial charge >= 0.3 is 17.9 Å². The second-order valence-corrected chi connectivity index (χ2v) is 9.53. The van der Waals surface area contributed by atoms with Crippen LogP contribution >= 0.6 is 11.3 Å². The van der Waals surface area contributed by atoms with Gasteiger partial charge in [-0.15, -0.1) is 11.3 Å². The summed E-state index contributed by atoms with van der Waals surface area (Å²) >= 11 is 0.896. The van der Waals surface area contributed by atoms with Crippen molar-refractivity contribution in [2.75, 3.05) is 39.2 Å². The van der Waals surface area contributed by atoms with Crippen molar-refractivity contribution >= 4 is 51.1 Å². The van der Waals surface area contributed by atoms with Crippen LogP contribution in [0.4, 0.5) is 5.00 Å². The average molecular weight is 526 g/mol. The van der Waals surface area contributed by atoms with E-state index in [1.54, 1.807) is 13.8 Å². The zero-order valence-corrected chi connectivity index (χ0v) is 21.8. The fourth-order valence-corrected chi connectivity index (χ4v) is 5.37. The molecule has 37 heavy (non-hydrogen) atoms. The Morgan fingerprint density at radius 1 is 1.08 bits per heavy atom. The molecule has 0 unspecified atom stereocenters. The second kappa shape index (κ2) is 11.1. The van der Waals surface area contributed by atoms with Crippen LogP contribution in [0.3, 0.4) is 0 Å². The van der Waals surface area contributed by atoms with E-state index in [0.717, 1.165) is 29.1 Å². The fraction of sp³-hybridized carbons (Fsp3) is 0.346. The molecule has 0 fully saturated rings. The minimum absolute atomic E-state index is 0.0486. The highest BCUT2D eigenvalue weighted by Crippen LogP contribution is 2.34. The standard InChI is InChI=1S/C26H27N3O7S/c1-5-35-26(33)22-14(2)20(24(31)34-4)23(37-22)28-19(30)13-36-25(32)21-15-8-6-7-9-17(15)27-18-10-11-29(3)12-16(18)21/h6-9H,5,10-13H2,1-4H3,(H,28,30). The highest BCUT2D eigenvalue weighted by atomic mass is 32.1. The van der Waals surface area contributed by atoms with E-state index in [1.807, 2.05) is 31.3 Å². The van der Waals surface area contributed by atoms with Crippen LogP contribution in [-0.2, 0) is 32.0 Å². The molecular weight excluding hydrogens is 498 g/mol. The minimum atomic E-state index is -0.712. The zero-order chi connectivity index (χ0) is 26.7. The maximum atomic E-state index is 13.3. The fourth-order valence-electron chi connectivity index (χ4n) is 4.26. The number of aromatic nitrogens is 1. The summed E-state index contributed by atoms with van der Waals surface area (Å²) < 4.78 is 15.3. The van der Waals surface area contributed by atoms with Gasteiger partial charge < -0.3 is 24.4 Å². The highest BCUT2D eigenvalue weighted by Gasteiger charge is 2.28. The molecule has 1 aromatic carbocycles. The van der Waals surface area contributed by atoms with Crippen molar-refractivity contribution in [1.82, 2.24) is 9.88 Å². The first-order chi connectivity index (χ1) is 17.7. The molecule has 0 saturated carbocycles. The Balaban J connectivity index is 1.56. The number of ether oxygens (including phenoxy) is 3. The number of methoxy groups -OCH3 is 1. The number of hydrogen-bond acceptors (Lipinski definition) is 10. The van der Waals surface area contributed by atoms with Crippen LogP contribution in [0.25, 0.3) is 10.9 Å². The number of benzene rings is 1. The molecule has 0 radical (unpaired) electrons. The van der Waals surface area contributed by atoms with Gasteiger partial charge in [0.25, 0.3) is 5.91 Å². The zero-order valence-electron chi connectivity index (χ0n) is 21.0. The van der Waals surface area contributed by atoms with E-state index in [9.17, 15) is 19.2 Å². The summed E-state index contributed by atoms with van der Waals surface area (Å²) in [7, 11) is 3.17. The number of likely N-dealkylation sites (N-methyl/N-ethyl adjacent to an activating group) is 1. The molecule has 1 amide bonds. The molecule has 1 aliphatic rings. The lowest BCUT2D eigenvalue weighted by Crippen LogP contribution is -2.30. The van der Waals surface area contributed by atoms with Crippen LogP contribution in [0, 0.1) is 6.92 Å². The number of para-hydroxylation sites is 1. The lowest BCUT2D eigenvalue weighted by atomic mass is 9.96. The number of carbonyl (C=O) groups excluding carboxylic acids is 4. The van der Waals surface area contributed by atoms with Gasteiger partial charge in [0.1, 0.15) is 9.88 Å². The molecule has 11 heteroatoms. The maximum absolute atomic E-state index is 13.3. The van der Waals surface area contributed by atoms with Gasteiger partial charge in [0, 0.05) is 36.2 Å². The number of pyridine rings is 1. The number of hydrogen-bond donors (Lipinski definition) is 1. The summed E-state index contributed by atoms with van der Waals surface area (Å²) in [5.74, 6) is -2.63. The van der Waals surface area contributed by atoms with Gasteiger partial charge in [-0.3, -0.25) is 9.78 Å². The van der Waals surface area contributed by atoms with Crippen LogP contribution in [0.15, 0.2) is 24.3 Å². The van der Waals surface area contributed by atoms with E-state index in [4.69, 9.17) is 19.2 Å². The summed E-state index contributed by atoms with van der Waals surface area (Å²) in [6.07, 6.45) is 0.703. The summed E-state index contributed by atoms with van der Waals surface area (Å²) in [6, 6.07) is 7.32. The Labute approximate surface area is 217 Å². The maximum Gasteiger partial charge on any atom is 0.348 e. The molecule has 194 valence electrons. The van der Waals surface area contributed by atoms with Gasteiger partial charge in [-0.1, -0.05) is 18.2 Å². The number of carbonyl (C=O) groups is 4. The van der Waals surface area contributed by atoms with E-state index < -0.39 is 30.4 Å². The largest absolute Gasteiger partial charge is 0.465 e. The van der Waals surface area contributed by atoms with Crippen molar-refractivity contribution in [2.45, 2.75) is 26.8 Å². The van der Waals surface area contributed by atoms with Crippen LogP contribution in [-0.4, -0.2) is 67.6 Å². The number of fused-ring (bicyclic) bond motifs is 2. The molecule has 4 rings (SSSR count). The van der Waals surface area contributed by atoms with Gasteiger partial charge in [-0.2, -0.15) is 0 Å². The Bertz CT molecular complexity index is 1400. The van der Waals surface area contributed by atoms with Gasteiger partial charge in [0.15, 0.2) is 6.61 Å². The lowest BCUT2D eigenvalue weighted by molar-refractivity contribution is -0.119. The summed E-state index contributed by atoms with van der Waals surface area (Å²) in [5, 5.41) is 3.34. The van der Waals surface area contributed by atoms with E-state index >= 15 is 0 Å². The number of rotatable bonds is 7. The van der Waals surface area contributed by atoms with Crippen LogP contribution < -0.4 is 5.32 Å². The predicted molar refractivity (Wildman–Crippen MR) is 137 cm³/mol. The van der Waals surface area contributed by atoms with E-state index in [-0.39, 0.29) is 22.0 Å². The molecule has 3 aromatic rings. The number of nitrogens with zero attached hydrogens (tertiary/aromatic N) is 2. The first-order valence-corrected chi connectivity index (χ1v) is 12.5. The Morgan fingerprint density at radius 2 is 1.84 bits per heavy atom. The summed E-state index contributed by atoms with van der Waals surface area (Å²) in [6.45, 7) is 4.17. The third-order valence-corrected chi connectivity index (χ3v) is 7.21. The normalized spacial score (nSPS) is 13.1. The van der Waals surface area contributed by atoms with Crippen LogP contribution in [0.5, 0.6) is 0 Å². The van der Waals surface area contributed by atoms with Crippen molar-refractivity contribution in [2.24, 2.45) is 0 Å². The van der Waals surface area contributed by atoms with Crippen molar-refractivity contribution in [3.63, 3.8) is 0 Å². The Morgan fingerprint density at radius 3 is 2.57 bits per heavy atom. The van der Waals surface area contributed by atoms with Crippen LogP contribution in [0.1, 0.15) is 54.1 Å². The number of amides is 1. The molecule has 1 N–H and O–H groups in total. The minimum Gasteiger partial charge on any atom is -0.465 e. The number of esters is 3. The van der Waals surface area contributed by atoms with E-state index in [0.29, 0.717) is 35.0 Å². The molecule has 3 heterocycles. The van der Waals surface area contributed by atoms with E-state index in [2.05, 4.69) is 10.2 Å². The molecule has 0 spiro atoms. The molecule has 0 bridgehead atoms. The predicted octanol–water partition coefficient (Wildman–Crippen LogP) is 3.35. The highest BCUT2D eigenvalue weighted by molar-refractivity contribution is 7.18. The smallest absolute Gasteiger partial charge is 0.348 e. The van der Waals surface area contributed by atoms with Crippen molar-refractivity contribution in [1.29, 1.82) is 0 Å². The Hall–Kier alpha value is -3.83. The quantitative estimate of drug-likeness (QED) is 0.365. The summed E-state index contributed by atoms with van der Waals surface area (Å²) in [5.41, 5.74) is 3.10. The number of nitrogens with one attached hydrogen (secondary N) is 1. The Kier molecular flexibility index (Phi) is 7.84. The van der Waals surface area contributed by atoms with Gasteiger partial charge in [0.05, 0.1) is 30.4 Å². The molecule has 10 nitrogen and oxygen atoms in total. The SMILES string of the molecule is CCOC(=O)c1sc(NC(=O)COC(=O)c2c3c(nc4ccccc24)CCN(C)C3)c(C(=O)OC)c1C. The average Bonchev–Trinajstić information content (AvgIpc) is 3.21. The first-order valence-electron chi connectivity index (χ1n) is 11.7. The monoisotopic (exact) mass is 525 g/mol.